The topological polar surface area (TPSA) is 57.6 Å². The SMILES string of the molecule is CC(C(=O)O)N1CC(C=O)C(c2ccccc2)C1. The second-order valence-corrected chi connectivity index (χ2v) is 4.79. The van der Waals surface area contributed by atoms with Gasteiger partial charge in [0.05, 0.1) is 0 Å². The van der Waals surface area contributed by atoms with Crippen LogP contribution < -0.4 is 0 Å². The molecule has 4 nitrogen and oxygen atoms in total. The van der Waals surface area contributed by atoms with E-state index in [1.807, 2.05) is 35.2 Å². The zero-order valence-corrected chi connectivity index (χ0v) is 10.3. The van der Waals surface area contributed by atoms with Crippen molar-refractivity contribution in [2.24, 2.45) is 5.92 Å². The van der Waals surface area contributed by atoms with Gasteiger partial charge in [-0.05, 0) is 12.5 Å². The van der Waals surface area contributed by atoms with Gasteiger partial charge >= 0.3 is 5.97 Å². The van der Waals surface area contributed by atoms with Crippen LogP contribution in [-0.2, 0) is 9.59 Å². The molecular weight excluding hydrogens is 230 g/mol. The molecule has 0 radical (unpaired) electrons. The summed E-state index contributed by atoms with van der Waals surface area (Å²) >= 11 is 0. The third-order valence-electron chi connectivity index (χ3n) is 3.70. The van der Waals surface area contributed by atoms with Crippen molar-refractivity contribution in [2.45, 2.75) is 18.9 Å². The monoisotopic (exact) mass is 247 g/mol. The minimum absolute atomic E-state index is 0.102. The lowest BCUT2D eigenvalue weighted by molar-refractivity contribution is -0.142. The minimum atomic E-state index is -0.839. The number of benzene rings is 1. The molecule has 0 amide bonds. The molecule has 3 unspecified atom stereocenters. The van der Waals surface area contributed by atoms with E-state index in [0.29, 0.717) is 13.1 Å². The van der Waals surface area contributed by atoms with Gasteiger partial charge in [-0.25, -0.2) is 0 Å². The summed E-state index contributed by atoms with van der Waals surface area (Å²) in [7, 11) is 0. The van der Waals surface area contributed by atoms with E-state index in [1.54, 1.807) is 6.92 Å². The molecule has 0 aliphatic carbocycles. The Morgan fingerprint density at radius 1 is 1.39 bits per heavy atom. The highest BCUT2D eigenvalue weighted by Crippen LogP contribution is 2.32. The zero-order chi connectivity index (χ0) is 13.1. The van der Waals surface area contributed by atoms with Gasteiger partial charge in [-0.2, -0.15) is 0 Å². The molecule has 3 atom stereocenters. The summed E-state index contributed by atoms with van der Waals surface area (Å²) in [6.07, 6.45) is 0.951. The Labute approximate surface area is 106 Å². The summed E-state index contributed by atoms with van der Waals surface area (Å²) in [5.74, 6) is -0.854. The van der Waals surface area contributed by atoms with E-state index in [0.717, 1.165) is 11.8 Å². The zero-order valence-electron chi connectivity index (χ0n) is 10.3. The largest absolute Gasteiger partial charge is 0.480 e. The Morgan fingerprint density at radius 3 is 2.61 bits per heavy atom. The van der Waals surface area contributed by atoms with Crippen LogP contribution in [0.1, 0.15) is 18.4 Å². The number of carbonyl (C=O) groups excluding carboxylic acids is 1. The first-order valence-corrected chi connectivity index (χ1v) is 6.10. The third-order valence-corrected chi connectivity index (χ3v) is 3.70. The van der Waals surface area contributed by atoms with E-state index in [4.69, 9.17) is 5.11 Å². The summed E-state index contributed by atoms with van der Waals surface area (Å²) < 4.78 is 0. The molecule has 0 spiro atoms. The highest BCUT2D eigenvalue weighted by atomic mass is 16.4. The van der Waals surface area contributed by atoms with Crippen molar-refractivity contribution in [1.82, 2.24) is 4.90 Å². The molecule has 1 N–H and O–H groups in total. The summed E-state index contributed by atoms with van der Waals surface area (Å²) in [4.78, 5) is 24.0. The maximum absolute atomic E-state index is 11.2. The minimum Gasteiger partial charge on any atom is -0.480 e. The molecule has 1 aliphatic rings. The lowest BCUT2D eigenvalue weighted by atomic mass is 9.90. The van der Waals surface area contributed by atoms with Crippen LogP contribution in [-0.4, -0.2) is 41.4 Å². The van der Waals surface area contributed by atoms with Crippen molar-refractivity contribution in [1.29, 1.82) is 0 Å². The molecular formula is C14H17NO3. The number of carbonyl (C=O) groups is 2. The van der Waals surface area contributed by atoms with Crippen LogP contribution in [0.15, 0.2) is 30.3 Å². The molecule has 1 saturated heterocycles. The van der Waals surface area contributed by atoms with Gasteiger partial charge in [0.15, 0.2) is 0 Å². The molecule has 1 fully saturated rings. The predicted molar refractivity (Wildman–Crippen MR) is 67.4 cm³/mol. The molecule has 1 heterocycles. The Kier molecular flexibility index (Phi) is 3.77. The van der Waals surface area contributed by atoms with Crippen LogP contribution in [0.25, 0.3) is 0 Å². The van der Waals surface area contributed by atoms with E-state index in [-0.39, 0.29) is 11.8 Å². The number of aliphatic carboxylic acids is 1. The second kappa shape index (κ2) is 5.31. The molecule has 1 aromatic rings. The normalized spacial score (nSPS) is 25.8. The first-order valence-electron chi connectivity index (χ1n) is 6.10. The number of aldehydes is 1. The van der Waals surface area contributed by atoms with Gasteiger partial charge in [0.1, 0.15) is 12.3 Å². The predicted octanol–water partition coefficient (Wildman–Crippen LogP) is 1.37. The first kappa shape index (κ1) is 12.8. The van der Waals surface area contributed by atoms with E-state index in [2.05, 4.69) is 0 Å². The van der Waals surface area contributed by atoms with Crippen molar-refractivity contribution in [3.05, 3.63) is 35.9 Å². The van der Waals surface area contributed by atoms with Crippen LogP contribution in [0.3, 0.4) is 0 Å². The van der Waals surface area contributed by atoms with E-state index in [9.17, 15) is 9.59 Å². The number of carboxylic acid groups (broad SMARTS) is 1. The van der Waals surface area contributed by atoms with Crippen molar-refractivity contribution in [3.8, 4) is 0 Å². The molecule has 18 heavy (non-hydrogen) atoms. The fourth-order valence-electron chi connectivity index (χ4n) is 2.52. The van der Waals surface area contributed by atoms with Gasteiger partial charge in [0.2, 0.25) is 0 Å². The lowest BCUT2D eigenvalue weighted by Gasteiger charge is -2.20. The van der Waals surface area contributed by atoms with Gasteiger partial charge in [-0.1, -0.05) is 30.3 Å². The quantitative estimate of drug-likeness (QED) is 0.816. The van der Waals surface area contributed by atoms with Crippen molar-refractivity contribution in [2.75, 3.05) is 13.1 Å². The van der Waals surface area contributed by atoms with E-state index < -0.39 is 12.0 Å². The maximum atomic E-state index is 11.2. The fourth-order valence-corrected chi connectivity index (χ4v) is 2.52. The molecule has 0 bridgehead atoms. The van der Waals surface area contributed by atoms with Gasteiger partial charge in [0.25, 0.3) is 0 Å². The van der Waals surface area contributed by atoms with E-state index >= 15 is 0 Å². The van der Waals surface area contributed by atoms with Crippen LogP contribution in [0, 0.1) is 5.92 Å². The van der Waals surface area contributed by atoms with Gasteiger partial charge in [0, 0.05) is 24.9 Å². The van der Waals surface area contributed by atoms with Gasteiger partial charge < -0.3 is 9.90 Å². The second-order valence-electron chi connectivity index (χ2n) is 4.79. The van der Waals surface area contributed by atoms with Gasteiger partial charge in [-0.15, -0.1) is 0 Å². The van der Waals surface area contributed by atoms with Crippen molar-refractivity contribution < 1.29 is 14.7 Å². The molecule has 0 saturated carbocycles. The summed E-state index contributed by atoms with van der Waals surface area (Å²) in [5.41, 5.74) is 1.11. The van der Waals surface area contributed by atoms with Gasteiger partial charge in [-0.3, -0.25) is 9.69 Å². The number of carboxylic acids is 1. The Balaban J connectivity index is 2.17. The first-order chi connectivity index (χ1) is 8.63. The highest BCUT2D eigenvalue weighted by molar-refractivity contribution is 5.73. The Bertz CT molecular complexity index is 432. The fraction of sp³-hybridized carbons (Fsp3) is 0.429. The molecule has 96 valence electrons. The summed E-state index contributed by atoms with van der Waals surface area (Å²) in [6, 6.07) is 9.28. The van der Waals surface area contributed by atoms with Crippen LogP contribution in [0.4, 0.5) is 0 Å². The average molecular weight is 247 g/mol. The number of likely N-dealkylation sites (tertiary alicyclic amines) is 1. The highest BCUT2D eigenvalue weighted by Gasteiger charge is 2.37. The molecule has 2 rings (SSSR count). The third kappa shape index (κ3) is 2.43. The van der Waals surface area contributed by atoms with E-state index in [1.165, 1.54) is 0 Å². The Morgan fingerprint density at radius 2 is 2.06 bits per heavy atom. The standard InChI is InChI=1S/C14H17NO3/c1-10(14(17)18)15-7-12(9-16)13(8-15)11-5-3-2-4-6-11/h2-6,9-10,12-13H,7-8H2,1H3,(H,17,18). The summed E-state index contributed by atoms with van der Waals surface area (Å²) in [5, 5.41) is 9.03. The molecule has 1 aliphatic heterocycles. The molecule has 0 aromatic heterocycles. The molecule has 1 aromatic carbocycles. The average Bonchev–Trinajstić information content (AvgIpc) is 2.82. The van der Waals surface area contributed by atoms with Crippen LogP contribution in [0.5, 0.6) is 0 Å². The van der Waals surface area contributed by atoms with Crippen molar-refractivity contribution in [3.63, 3.8) is 0 Å². The smallest absolute Gasteiger partial charge is 0.320 e. The number of rotatable bonds is 4. The van der Waals surface area contributed by atoms with Crippen LogP contribution >= 0.6 is 0 Å². The number of hydrogen-bond acceptors (Lipinski definition) is 3. The number of hydrogen-bond donors (Lipinski definition) is 1. The molecule has 4 heteroatoms. The lowest BCUT2D eigenvalue weighted by Crippen LogP contribution is -2.37. The van der Waals surface area contributed by atoms with Crippen LogP contribution in [0.2, 0.25) is 0 Å². The summed E-state index contributed by atoms with van der Waals surface area (Å²) in [6.45, 7) is 2.81. The maximum Gasteiger partial charge on any atom is 0.320 e. The Hall–Kier alpha value is -1.68. The number of nitrogens with zero attached hydrogens (tertiary/aromatic N) is 1. The van der Waals surface area contributed by atoms with Crippen molar-refractivity contribution >= 4 is 12.3 Å².